The fraction of sp³-hybridized carbons (Fsp3) is 0.697. The number of nitrogens with zero attached hydrogens (tertiary/aromatic N) is 6. The summed E-state index contributed by atoms with van der Waals surface area (Å²) in [6.07, 6.45) is 3.45. The van der Waals surface area contributed by atoms with E-state index in [-0.39, 0.29) is 49.9 Å². The number of fused-ring (bicyclic) bond motifs is 3. The van der Waals surface area contributed by atoms with Crippen LogP contribution in [0.5, 0.6) is 0 Å². The van der Waals surface area contributed by atoms with Crippen LogP contribution in [0.1, 0.15) is 55.1 Å². The van der Waals surface area contributed by atoms with Crippen LogP contribution < -0.4 is 10.2 Å². The molecule has 3 atom stereocenters. The summed E-state index contributed by atoms with van der Waals surface area (Å²) in [5.41, 5.74) is 0.803. The van der Waals surface area contributed by atoms with Crippen LogP contribution in [0, 0.1) is 22.7 Å². The summed E-state index contributed by atoms with van der Waals surface area (Å²) in [5.74, 6) is -2.67. The fourth-order valence-corrected chi connectivity index (χ4v) is 8.84. The fourth-order valence-electron chi connectivity index (χ4n) is 8.25. The number of halogens is 3. The van der Waals surface area contributed by atoms with Gasteiger partial charge in [-0.1, -0.05) is 0 Å². The molecule has 266 valence electrons. The molecule has 5 aliphatic heterocycles. The van der Waals surface area contributed by atoms with Crippen molar-refractivity contribution >= 4 is 35.0 Å². The normalized spacial score (nSPS) is 28.0. The molecule has 2 aromatic rings. The van der Waals surface area contributed by atoms with Crippen molar-refractivity contribution in [2.45, 2.75) is 69.9 Å². The van der Waals surface area contributed by atoms with Crippen molar-refractivity contribution in [1.82, 2.24) is 30.1 Å². The third kappa shape index (κ3) is 6.87. The molecule has 2 aromatic heterocycles. The summed E-state index contributed by atoms with van der Waals surface area (Å²) in [6.45, 7) is 3.88. The van der Waals surface area contributed by atoms with Crippen LogP contribution in [0.15, 0.2) is 30.2 Å². The Balaban J connectivity index is 1.10. The number of piperidine rings is 1. The van der Waals surface area contributed by atoms with Gasteiger partial charge in [0.2, 0.25) is 17.8 Å². The van der Waals surface area contributed by atoms with Crippen molar-refractivity contribution in [2.75, 3.05) is 57.4 Å². The van der Waals surface area contributed by atoms with E-state index in [0.717, 1.165) is 25.7 Å². The van der Waals surface area contributed by atoms with Crippen LogP contribution in [-0.4, -0.2) is 119 Å². The van der Waals surface area contributed by atoms with E-state index in [0.29, 0.717) is 43.7 Å². The van der Waals surface area contributed by atoms with Gasteiger partial charge < -0.3 is 29.5 Å². The van der Waals surface area contributed by atoms with E-state index in [1.807, 2.05) is 4.90 Å². The van der Waals surface area contributed by atoms with Gasteiger partial charge in [0.15, 0.2) is 0 Å². The number of ether oxygens (including phenoxy) is 2. The molecule has 8 rings (SSSR count). The van der Waals surface area contributed by atoms with Crippen molar-refractivity contribution in [2.24, 2.45) is 22.7 Å². The average molecular weight is 706 g/mol. The molecule has 0 aromatic carbocycles. The SMILES string of the molecule is C[C@@H](OCC12CCC(CC1)OC2)[C@H](NC(=O)[C@@H]1CN(C(=O)c2cncs2)CC12CN(c1ncccn1)C2)C(=O)N1CCC(C(F)(F)F)CC1. The van der Waals surface area contributed by atoms with E-state index in [2.05, 4.69) is 20.3 Å². The molecule has 5 saturated heterocycles. The highest BCUT2D eigenvalue weighted by molar-refractivity contribution is 7.11. The number of rotatable bonds is 9. The van der Waals surface area contributed by atoms with Crippen molar-refractivity contribution in [3.63, 3.8) is 0 Å². The van der Waals surface area contributed by atoms with E-state index >= 15 is 0 Å². The van der Waals surface area contributed by atoms with Gasteiger partial charge in [0.05, 0.1) is 49.0 Å². The molecule has 1 saturated carbocycles. The Morgan fingerprint density at radius 2 is 1.80 bits per heavy atom. The smallest absolute Gasteiger partial charge is 0.378 e. The van der Waals surface area contributed by atoms with Gasteiger partial charge in [-0.3, -0.25) is 19.4 Å². The molecule has 7 heterocycles. The molecule has 0 radical (unpaired) electrons. The second-order valence-electron chi connectivity index (χ2n) is 14.5. The first-order chi connectivity index (χ1) is 23.5. The number of thiazole rings is 1. The molecule has 6 aliphatic rings. The average Bonchev–Trinajstić information content (AvgIpc) is 3.79. The lowest BCUT2D eigenvalue weighted by Crippen LogP contribution is -2.65. The van der Waals surface area contributed by atoms with Crippen molar-refractivity contribution in [3.05, 3.63) is 35.0 Å². The molecule has 6 fully saturated rings. The lowest BCUT2D eigenvalue weighted by Gasteiger charge is -2.50. The number of amides is 3. The van der Waals surface area contributed by atoms with Gasteiger partial charge in [0.25, 0.3) is 5.91 Å². The predicted molar refractivity (Wildman–Crippen MR) is 172 cm³/mol. The highest BCUT2D eigenvalue weighted by Gasteiger charge is 2.59. The Morgan fingerprint density at radius 1 is 1.08 bits per heavy atom. The number of carbonyl (C=O) groups excluding carboxylic acids is 3. The maximum absolute atomic E-state index is 14.4. The molecule has 3 amide bonds. The second kappa shape index (κ2) is 13.4. The Kier molecular flexibility index (Phi) is 9.32. The van der Waals surface area contributed by atoms with Crippen LogP contribution in [0.2, 0.25) is 0 Å². The lowest BCUT2D eigenvalue weighted by molar-refractivity contribution is -0.187. The van der Waals surface area contributed by atoms with Gasteiger partial charge in [-0.05, 0) is 51.5 Å². The van der Waals surface area contributed by atoms with Gasteiger partial charge in [-0.15, -0.1) is 11.3 Å². The van der Waals surface area contributed by atoms with Crippen LogP contribution >= 0.6 is 11.3 Å². The number of nitrogens with one attached hydrogen (secondary N) is 1. The molecule has 1 N–H and O–H groups in total. The lowest BCUT2D eigenvalue weighted by atomic mass is 9.71. The topological polar surface area (TPSA) is 130 Å². The maximum Gasteiger partial charge on any atom is 0.391 e. The van der Waals surface area contributed by atoms with Crippen LogP contribution in [0.4, 0.5) is 19.1 Å². The molecule has 12 nitrogen and oxygen atoms in total. The molecule has 1 aliphatic carbocycles. The molecular formula is C33H42F3N7O5S. The minimum atomic E-state index is -4.32. The molecule has 1 spiro atoms. The first-order valence-corrected chi connectivity index (χ1v) is 17.9. The van der Waals surface area contributed by atoms with Crippen molar-refractivity contribution < 1.29 is 37.0 Å². The standard InChI is InChI=1S/C33H42F3N7O5S/c1-21(47-18-31-7-3-23(4-8-31)48-19-31)26(29(46)41-11-5-22(6-12-41)33(34,35)36)40-27(44)24-14-42(28(45)25-13-37-20-49-25)15-32(24)16-43(17-32)30-38-9-2-10-39-30/h2,9-10,13,20-24,26H,3-8,11-12,14-19H2,1H3,(H,40,44)/t21-,23?,24+,26+,31?/m1/s1. The summed E-state index contributed by atoms with van der Waals surface area (Å²) < 4.78 is 52.7. The summed E-state index contributed by atoms with van der Waals surface area (Å²) in [7, 11) is 0. The number of carbonyl (C=O) groups is 3. The summed E-state index contributed by atoms with van der Waals surface area (Å²) >= 11 is 1.23. The van der Waals surface area contributed by atoms with Crippen LogP contribution in [0.3, 0.4) is 0 Å². The monoisotopic (exact) mass is 705 g/mol. The zero-order valence-electron chi connectivity index (χ0n) is 27.4. The van der Waals surface area contributed by atoms with Gasteiger partial charge in [-0.25, -0.2) is 9.97 Å². The Hall–Kier alpha value is -3.37. The quantitative estimate of drug-likeness (QED) is 0.419. The highest BCUT2D eigenvalue weighted by atomic mass is 32.1. The van der Waals surface area contributed by atoms with E-state index in [4.69, 9.17) is 9.47 Å². The minimum Gasteiger partial charge on any atom is -0.378 e. The minimum absolute atomic E-state index is 0.0577. The second-order valence-corrected chi connectivity index (χ2v) is 15.4. The number of hydrogen-bond donors (Lipinski definition) is 1. The van der Waals surface area contributed by atoms with E-state index < -0.39 is 47.4 Å². The van der Waals surface area contributed by atoms with Gasteiger partial charge in [0.1, 0.15) is 10.9 Å². The van der Waals surface area contributed by atoms with Crippen molar-refractivity contribution in [3.8, 4) is 0 Å². The first-order valence-electron chi connectivity index (χ1n) is 17.0. The maximum atomic E-state index is 14.4. The summed E-state index contributed by atoms with van der Waals surface area (Å²) in [5, 5.41) is 2.99. The Bertz CT molecular complexity index is 1480. The first kappa shape index (κ1) is 34.1. The summed E-state index contributed by atoms with van der Waals surface area (Å²) in [6, 6.07) is 0.599. The van der Waals surface area contributed by atoms with Gasteiger partial charge in [-0.2, -0.15) is 13.2 Å². The van der Waals surface area contributed by atoms with E-state index in [1.54, 1.807) is 35.8 Å². The van der Waals surface area contributed by atoms with E-state index in [1.165, 1.54) is 22.4 Å². The van der Waals surface area contributed by atoms with Crippen molar-refractivity contribution in [1.29, 1.82) is 0 Å². The van der Waals surface area contributed by atoms with E-state index in [9.17, 15) is 27.6 Å². The van der Waals surface area contributed by atoms with Crippen LogP contribution in [0.25, 0.3) is 0 Å². The van der Waals surface area contributed by atoms with Gasteiger partial charge in [0, 0.05) is 62.5 Å². The molecule has 49 heavy (non-hydrogen) atoms. The number of likely N-dealkylation sites (tertiary alicyclic amines) is 2. The number of hydrogen-bond acceptors (Lipinski definition) is 10. The third-order valence-electron chi connectivity index (χ3n) is 11.3. The Morgan fingerprint density at radius 3 is 2.41 bits per heavy atom. The highest BCUT2D eigenvalue weighted by Crippen LogP contribution is 2.46. The number of aromatic nitrogens is 3. The molecule has 16 heteroatoms. The Labute approximate surface area is 286 Å². The molecule has 0 unspecified atom stereocenters. The molecular weight excluding hydrogens is 663 g/mol. The largest absolute Gasteiger partial charge is 0.391 e. The zero-order valence-corrected chi connectivity index (χ0v) is 28.3. The van der Waals surface area contributed by atoms with Crippen LogP contribution in [-0.2, 0) is 19.1 Å². The number of anilines is 1. The predicted octanol–water partition coefficient (Wildman–Crippen LogP) is 3.16. The van der Waals surface area contributed by atoms with Gasteiger partial charge >= 0.3 is 6.18 Å². The molecule has 2 bridgehead atoms. The third-order valence-corrected chi connectivity index (χ3v) is 12.1. The summed E-state index contributed by atoms with van der Waals surface area (Å²) in [4.78, 5) is 60.1. The number of alkyl halides is 3. The zero-order chi connectivity index (χ0) is 34.4.